The number of nitrogens with two attached hydrogens (primary N) is 1. The molecule has 0 amide bonds. The number of ether oxygens (including phenoxy) is 1. The Hall–Kier alpha value is -2.07. The molecule has 18 heavy (non-hydrogen) atoms. The molecule has 0 aliphatic rings. The summed E-state index contributed by atoms with van der Waals surface area (Å²) in [5.41, 5.74) is 7.38. The molecular formula is C14H16N2O2. The molecule has 0 bridgehead atoms. The zero-order chi connectivity index (χ0) is 12.8. The number of para-hydroxylation sites is 1. The van der Waals surface area contributed by atoms with Crippen LogP contribution in [0.1, 0.15) is 11.3 Å². The van der Waals surface area contributed by atoms with E-state index in [0.29, 0.717) is 18.8 Å². The predicted octanol–water partition coefficient (Wildman–Crippen LogP) is 1.78. The number of benzene rings is 1. The van der Waals surface area contributed by atoms with Gasteiger partial charge in [0.15, 0.2) is 0 Å². The van der Waals surface area contributed by atoms with Gasteiger partial charge < -0.3 is 15.6 Å². The van der Waals surface area contributed by atoms with Crippen LogP contribution in [0.2, 0.25) is 0 Å². The van der Waals surface area contributed by atoms with E-state index in [4.69, 9.17) is 15.6 Å². The predicted molar refractivity (Wildman–Crippen MR) is 70.2 cm³/mol. The molecule has 0 aliphatic heterocycles. The molecule has 0 saturated heterocycles. The van der Waals surface area contributed by atoms with Crippen molar-refractivity contribution in [2.24, 2.45) is 0 Å². The molecule has 0 aliphatic carbocycles. The van der Waals surface area contributed by atoms with E-state index in [0.717, 1.165) is 17.0 Å². The van der Waals surface area contributed by atoms with E-state index in [1.807, 2.05) is 36.4 Å². The highest BCUT2D eigenvalue weighted by Gasteiger charge is 2.03. The van der Waals surface area contributed by atoms with E-state index in [1.165, 1.54) is 0 Å². The maximum Gasteiger partial charge on any atom is 0.130 e. The van der Waals surface area contributed by atoms with E-state index in [1.54, 1.807) is 6.07 Å². The van der Waals surface area contributed by atoms with Gasteiger partial charge in [-0.2, -0.15) is 0 Å². The SMILES string of the molecule is Nc1cccc(COc2ccccc2CCO)n1. The van der Waals surface area contributed by atoms with Crippen molar-refractivity contribution in [1.82, 2.24) is 4.98 Å². The Morgan fingerprint density at radius 3 is 2.72 bits per heavy atom. The Bertz CT molecular complexity index is 515. The van der Waals surface area contributed by atoms with E-state index >= 15 is 0 Å². The molecule has 94 valence electrons. The highest BCUT2D eigenvalue weighted by molar-refractivity contribution is 5.34. The van der Waals surface area contributed by atoms with E-state index in [-0.39, 0.29) is 6.61 Å². The molecule has 0 radical (unpaired) electrons. The van der Waals surface area contributed by atoms with Gasteiger partial charge in [-0.15, -0.1) is 0 Å². The first-order valence-corrected chi connectivity index (χ1v) is 5.82. The first kappa shape index (κ1) is 12.4. The van der Waals surface area contributed by atoms with Crippen LogP contribution >= 0.6 is 0 Å². The Morgan fingerprint density at radius 2 is 1.94 bits per heavy atom. The van der Waals surface area contributed by atoms with Gasteiger partial charge in [-0.1, -0.05) is 24.3 Å². The second kappa shape index (κ2) is 6.02. The molecule has 1 aromatic heterocycles. The summed E-state index contributed by atoms with van der Waals surface area (Å²) in [4.78, 5) is 4.17. The van der Waals surface area contributed by atoms with Crippen molar-refractivity contribution in [2.75, 3.05) is 12.3 Å². The summed E-state index contributed by atoms with van der Waals surface area (Å²) in [6, 6.07) is 13.1. The Kier molecular flexibility index (Phi) is 4.15. The van der Waals surface area contributed by atoms with Gasteiger partial charge in [0.05, 0.1) is 5.69 Å². The molecule has 0 unspecified atom stereocenters. The highest BCUT2D eigenvalue weighted by Crippen LogP contribution is 2.19. The maximum absolute atomic E-state index is 8.98. The Morgan fingerprint density at radius 1 is 1.11 bits per heavy atom. The minimum atomic E-state index is 0.108. The van der Waals surface area contributed by atoms with Gasteiger partial charge in [-0.25, -0.2) is 4.98 Å². The second-order valence-electron chi connectivity index (χ2n) is 3.92. The Balaban J connectivity index is 2.06. The van der Waals surface area contributed by atoms with Crippen molar-refractivity contribution < 1.29 is 9.84 Å². The number of hydrogen-bond acceptors (Lipinski definition) is 4. The van der Waals surface area contributed by atoms with E-state index < -0.39 is 0 Å². The zero-order valence-electron chi connectivity index (χ0n) is 10.0. The lowest BCUT2D eigenvalue weighted by atomic mass is 10.1. The summed E-state index contributed by atoms with van der Waals surface area (Å²) < 4.78 is 5.70. The van der Waals surface area contributed by atoms with Crippen LogP contribution in [0, 0.1) is 0 Å². The summed E-state index contributed by atoms with van der Waals surface area (Å²) in [6.07, 6.45) is 0.584. The number of aliphatic hydroxyl groups is 1. The van der Waals surface area contributed by atoms with Crippen molar-refractivity contribution in [1.29, 1.82) is 0 Å². The normalized spacial score (nSPS) is 10.3. The van der Waals surface area contributed by atoms with Gasteiger partial charge in [0.25, 0.3) is 0 Å². The molecule has 1 heterocycles. The van der Waals surface area contributed by atoms with Gasteiger partial charge >= 0.3 is 0 Å². The van der Waals surface area contributed by atoms with Gasteiger partial charge in [-0.3, -0.25) is 0 Å². The number of pyridine rings is 1. The third-order valence-electron chi connectivity index (χ3n) is 2.56. The first-order valence-electron chi connectivity index (χ1n) is 5.82. The molecule has 0 spiro atoms. The van der Waals surface area contributed by atoms with Crippen LogP contribution in [-0.2, 0) is 13.0 Å². The first-order chi connectivity index (χ1) is 8.79. The van der Waals surface area contributed by atoms with Crippen molar-refractivity contribution in [3.8, 4) is 5.75 Å². The maximum atomic E-state index is 8.98. The quantitative estimate of drug-likeness (QED) is 0.841. The molecule has 0 saturated carbocycles. The number of aromatic nitrogens is 1. The number of nitrogens with zero attached hydrogens (tertiary/aromatic N) is 1. The third-order valence-corrected chi connectivity index (χ3v) is 2.56. The molecule has 1 aromatic carbocycles. The molecule has 4 heteroatoms. The highest BCUT2D eigenvalue weighted by atomic mass is 16.5. The fourth-order valence-corrected chi connectivity index (χ4v) is 1.70. The van der Waals surface area contributed by atoms with Crippen LogP contribution in [-0.4, -0.2) is 16.7 Å². The average molecular weight is 244 g/mol. The van der Waals surface area contributed by atoms with Crippen LogP contribution in [0.15, 0.2) is 42.5 Å². The van der Waals surface area contributed by atoms with Crippen LogP contribution < -0.4 is 10.5 Å². The number of anilines is 1. The third kappa shape index (κ3) is 3.21. The minimum absolute atomic E-state index is 0.108. The molecule has 0 fully saturated rings. The van der Waals surface area contributed by atoms with Crippen LogP contribution in [0.3, 0.4) is 0 Å². The van der Waals surface area contributed by atoms with Crippen LogP contribution in [0.25, 0.3) is 0 Å². The van der Waals surface area contributed by atoms with Gasteiger partial charge in [0.1, 0.15) is 18.2 Å². The largest absolute Gasteiger partial charge is 0.487 e. The summed E-state index contributed by atoms with van der Waals surface area (Å²) >= 11 is 0. The van der Waals surface area contributed by atoms with Crippen molar-refractivity contribution in [3.05, 3.63) is 53.7 Å². The number of hydrogen-bond donors (Lipinski definition) is 2. The molecule has 4 nitrogen and oxygen atoms in total. The smallest absolute Gasteiger partial charge is 0.130 e. The lowest BCUT2D eigenvalue weighted by Crippen LogP contribution is -2.03. The zero-order valence-corrected chi connectivity index (χ0v) is 10.0. The molecular weight excluding hydrogens is 228 g/mol. The molecule has 3 N–H and O–H groups in total. The standard InChI is InChI=1S/C14H16N2O2/c15-14-7-3-5-12(16-14)10-18-13-6-2-1-4-11(13)8-9-17/h1-7,17H,8-10H2,(H2,15,16). The van der Waals surface area contributed by atoms with Crippen molar-refractivity contribution >= 4 is 5.82 Å². The lowest BCUT2D eigenvalue weighted by molar-refractivity contribution is 0.282. The van der Waals surface area contributed by atoms with Crippen molar-refractivity contribution in [3.63, 3.8) is 0 Å². The average Bonchev–Trinajstić information content (AvgIpc) is 2.38. The topological polar surface area (TPSA) is 68.4 Å². The number of nitrogen functional groups attached to an aromatic ring is 1. The molecule has 2 rings (SSSR count). The minimum Gasteiger partial charge on any atom is -0.487 e. The van der Waals surface area contributed by atoms with Gasteiger partial charge in [0.2, 0.25) is 0 Å². The monoisotopic (exact) mass is 244 g/mol. The summed E-state index contributed by atoms with van der Waals surface area (Å²) in [5, 5.41) is 8.98. The summed E-state index contributed by atoms with van der Waals surface area (Å²) in [6.45, 7) is 0.477. The van der Waals surface area contributed by atoms with E-state index in [2.05, 4.69) is 4.98 Å². The fraction of sp³-hybridized carbons (Fsp3) is 0.214. The fourth-order valence-electron chi connectivity index (χ4n) is 1.70. The molecule has 0 atom stereocenters. The van der Waals surface area contributed by atoms with E-state index in [9.17, 15) is 0 Å². The summed E-state index contributed by atoms with van der Waals surface area (Å²) in [7, 11) is 0. The van der Waals surface area contributed by atoms with Crippen LogP contribution in [0.4, 0.5) is 5.82 Å². The van der Waals surface area contributed by atoms with Gasteiger partial charge in [0, 0.05) is 6.61 Å². The van der Waals surface area contributed by atoms with Crippen LogP contribution in [0.5, 0.6) is 5.75 Å². The second-order valence-corrected chi connectivity index (χ2v) is 3.92. The van der Waals surface area contributed by atoms with Crippen molar-refractivity contribution in [2.45, 2.75) is 13.0 Å². The number of aliphatic hydroxyl groups excluding tert-OH is 1. The number of rotatable bonds is 5. The lowest BCUT2D eigenvalue weighted by Gasteiger charge is -2.10. The Labute approximate surface area is 106 Å². The van der Waals surface area contributed by atoms with Gasteiger partial charge in [-0.05, 0) is 30.2 Å². The molecule has 2 aromatic rings. The summed E-state index contributed by atoms with van der Waals surface area (Å²) in [5.74, 6) is 1.26.